The van der Waals surface area contributed by atoms with Crippen LogP contribution in [0.1, 0.15) is 90.9 Å². The van der Waals surface area contributed by atoms with Crippen LogP contribution in [0, 0.1) is 5.92 Å². The molecule has 0 aliphatic carbocycles. The van der Waals surface area contributed by atoms with E-state index in [9.17, 15) is 9.59 Å². The van der Waals surface area contributed by atoms with E-state index in [0.717, 1.165) is 13.0 Å². The molecule has 0 fully saturated rings. The summed E-state index contributed by atoms with van der Waals surface area (Å²) in [4.78, 5) is 22.4. The lowest BCUT2D eigenvalue weighted by Gasteiger charge is -2.08. The van der Waals surface area contributed by atoms with Crippen molar-refractivity contribution in [3.63, 3.8) is 0 Å². The van der Waals surface area contributed by atoms with E-state index in [-0.39, 0.29) is 17.7 Å². The average molecular weight is 312 g/mol. The van der Waals surface area contributed by atoms with Gasteiger partial charge >= 0.3 is 0 Å². The molecule has 2 amide bonds. The fraction of sp³-hybridized carbons (Fsp3) is 0.889. The molecule has 130 valence electrons. The maximum atomic E-state index is 11.6. The van der Waals surface area contributed by atoms with Crippen LogP contribution < -0.4 is 11.1 Å². The van der Waals surface area contributed by atoms with Gasteiger partial charge in [0.25, 0.3) is 0 Å². The van der Waals surface area contributed by atoms with E-state index in [2.05, 4.69) is 12.2 Å². The van der Waals surface area contributed by atoms with Crippen LogP contribution in [0.5, 0.6) is 0 Å². The molecule has 0 rings (SSSR count). The molecule has 0 bridgehead atoms. The summed E-state index contributed by atoms with van der Waals surface area (Å²) in [5, 5.41) is 2.91. The summed E-state index contributed by atoms with van der Waals surface area (Å²) >= 11 is 0. The second-order valence-electron chi connectivity index (χ2n) is 6.37. The van der Waals surface area contributed by atoms with Crippen molar-refractivity contribution in [2.24, 2.45) is 11.7 Å². The largest absolute Gasteiger partial charge is 0.369 e. The molecule has 0 aliphatic heterocycles. The first kappa shape index (κ1) is 20.9. The molecule has 1 atom stereocenters. The summed E-state index contributed by atoms with van der Waals surface area (Å²) in [6, 6.07) is 0. The molecule has 0 aromatic rings. The SMILES string of the molecule is CCCCCCCCCCCCNC(=O)CCC(C)C(N)=O. The second kappa shape index (κ2) is 14.9. The van der Waals surface area contributed by atoms with Crippen molar-refractivity contribution < 1.29 is 9.59 Å². The Labute approximate surface area is 136 Å². The van der Waals surface area contributed by atoms with E-state index >= 15 is 0 Å². The van der Waals surface area contributed by atoms with Crippen molar-refractivity contribution in [3.8, 4) is 0 Å². The van der Waals surface area contributed by atoms with Crippen LogP contribution in [0.15, 0.2) is 0 Å². The predicted octanol–water partition coefficient (Wildman–Crippen LogP) is 3.93. The number of unbranched alkanes of at least 4 members (excludes halogenated alkanes) is 9. The zero-order valence-electron chi connectivity index (χ0n) is 14.7. The number of amides is 2. The molecule has 0 saturated heterocycles. The van der Waals surface area contributed by atoms with Gasteiger partial charge < -0.3 is 11.1 Å². The molecular formula is C18H36N2O2. The first-order chi connectivity index (χ1) is 10.6. The molecule has 0 spiro atoms. The lowest BCUT2D eigenvalue weighted by atomic mass is 10.0. The normalized spacial score (nSPS) is 12.1. The van der Waals surface area contributed by atoms with Crippen LogP contribution in [0.4, 0.5) is 0 Å². The highest BCUT2D eigenvalue weighted by atomic mass is 16.2. The Balaban J connectivity index is 3.25. The monoisotopic (exact) mass is 312 g/mol. The van der Waals surface area contributed by atoms with E-state index in [1.165, 1.54) is 57.8 Å². The minimum absolute atomic E-state index is 0.0315. The fourth-order valence-corrected chi connectivity index (χ4v) is 2.42. The van der Waals surface area contributed by atoms with Gasteiger partial charge in [0.1, 0.15) is 0 Å². The highest BCUT2D eigenvalue weighted by Crippen LogP contribution is 2.10. The maximum Gasteiger partial charge on any atom is 0.220 e. The number of nitrogens with one attached hydrogen (secondary N) is 1. The van der Waals surface area contributed by atoms with Crippen molar-refractivity contribution in [3.05, 3.63) is 0 Å². The highest BCUT2D eigenvalue weighted by Gasteiger charge is 2.10. The third-order valence-corrected chi connectivity index (χ3v) is 4.14. The Morgan fingerprint density at radius 3 is 1.91 bits per heavy atom. The van der Waals surface area contributed by atoms with E-state index in [4.69, 9.17) is 5.73 Å². The number of primary amides is 1. The highest BCUT2D eigenvalue weighted by molar-refractivity contribution is 5.79. The lowest BCUT2D eigenvalue weighted by Crippen LogP contribution is -2.27. The van der Waals surface area contributed by atoms with Crippen LogP contribution in [-0.2, 0) is 9.59 Å². The van der Waals surface area contributed by atoms with Gasteiger partial charge in [0.15, 0.2) is 0 Å². The van der Waals surface area contributed by atoms with E-state index in [0.29, 0.717) is 12.8 Å². The van der Waals surface area contributed by atoms with Crippen molar-refractivity contribution in [2.45, 2.75) is 90.9 Å². The van der Waals surface area contributed by atoms with Crippen LogP contribution in [0.2, 0.25) is 0 Å². The fourth-order valence-electron chi connectivity index (χ4n) is 2.42. The molecule has 0 aliphatic rings. The van der Waals surface area contributed by atoms with Crippen LogP contribution in [0.25, 0.3) is 0 Å². The quantitative estimate of drug-likeness (QED) is 0.450. The molecule has 0 aromatic heterocycles. The molecule has 0 heterocycles. The van der Waals surface area contributed by atoms with Crippen LogP contribution >= 0.6 is 0 Å². The van der Waals surface area contributed by atoms with E-state index in [1.807, 2.05) is 0 Å². The first-order valence-electron chi connectivity index (χ1n) is 9.14. The number of nitrogens with two attached hydrogens (primary N) is 1. The third-order valence-electron chi connectivity index (χ3n) is 4.14. The smallest absolute Gasteiger partial charge is 0.220 e. The minimum atomic E-state index is -0.331. The molecule has 0 aromatic carbocycles. The molecule has 22 heavy (non-hydrogen) atoms. The summed E-state index contributed by atoms with van der Waals surface area (Å²) in [5.74, 6) is -0.519. The Kier molecular flexibility index (Phi) is 14.1. The van der Waals surface area contributed by atoms with Gasteiger partial charge in [-0.25, -0.2) is 0 Å². The molecule has 3 N–H and O–H groups in total. The van der Waals surface area contributed by atoms with E-state index < -0.39 is 0 Å². The van der Waals surface area contributed by atoms with Gasteiger partial charge in [-0.2, -0.15) is 0 Å². The van der Waals surface area contributed by atoms with Gasteiger partial charge in [-0.1, -0.05) is 71.6 Å². The molecule has 0 saturated carbocycles. The van der Waals surface area contributed by atoms with Gasteiger partial charge in [-0.05, 0) is 12.8 Å². The Bertz CT molecular complexity index is 293. The van der Waals surface area contributed by atoms with Gasteiger partial charge in [0, 0.05) is 18.9 Å². The molecule has 0 radical (unpaired) electrons. The Morgan fingerprint density at radius 1 is 0.909 bits per heavy atom. The molecular weight excluding hydrogens is 276 g/mol. The zero-order valence-corrected chi connectivity index (χ0v) is 14.7. The van der Waals surface area contributed by atoms with Crippen molar-refractivity contribution in [1.29, 1.82) is 0 Å². The summed E-state index contributed by atoms with van der Waals surface area (Å²) in [5.41, 5.74) is 5.17. The van der Waals surface area contributed by atoms with Crippen LogP contribution in [0.3, 0.4) is 0 Å². The average Bonchev–Trinajstić information content (AvgIpc) is 2.50. The number of carbonyl (C=O) groups is 2. The van der Waals surface area contributed by atoms with Crippen molar-refractivity contribution in [1.82, 2.24) is 5.32 Å². The van der Waals surface area contributed by atoms with Crippen LogP contribution in [-0.4, -0.2) is 18.4 Å². The van der Waals surface area contributed by atoms with Gasteiger partial charge in [0.05, 0.1) is 0 Å². The third kappa shape index (κ3) is 13.9. The predicted molar refractivity (Wildman–Crippen MR) is 92.4 cm³/mol. The molecule has 4 heteroatoms. The second-order valence-corrected chi connectivity index (χ2v) is 6.37. The number of rotatable bonds is 15. The number of carbonyl (C=O) groups excluding carboxylic acids is 2. The minimum Gasteiger partial charge on any atom is -0.369 e. The summed E-state index contributed by atoms with van der Waals surface area (Å²) in [6.45, 7) is 4.76. The van der Waals surface area contributed by atoms with Gasteiger partial charge in [-0.15, -0.1) is 0 Å². The maximum absolute atomic E-state index is 11.6. The zero-order chi connectivity index (χ0) is 16.6. The summed E-state index contributed by atoms with van der Waals surface area (Å²) in [6.07, 6.45) is 13.9. The number of hydrogen-bond donors (Lipinski definition) is 2. The van der Waals surface area contributed by atoms with Crippen molar-refractivity contribution in [2.75, 3.05) is 6.54 Å². The number of hydrogen-bond acceptors (Lipinski definition) is 2. The Hall–Kier alpha value is -1.06. The summed E-state index contributed by atoms with van der Waals surface area (Å²) < 4.78 is 0. The Morgan fingerprint density at radius 2 is 1.41 bits per heavy atom. The van der Waals surface area contributed by atoms with Gasteiger partial charge in [-0.3, -0.25) is 9.59 Å². The molecule has 4 nitrogen and oxygen atoms in total. The first-order valence-corrected chi connectivity index (χ1v) is 9.14. The van der Waals surface area contributed by atoms with Crippen molar-refractivity contribution >= 4 is 11.8 Å². The summed E-state index contributed by atoms with van der Waals surface area (Å²) in [7, 11) is 0. The van der Waals surface area contributed by atoms with E-state index in [1.54, 1.807) is 6.92 Å². The lowest BCUT2D eigenvalue weighted by molar-refractivity contribution is -0.123. The topological polar surface area (TPSA) is 72.2 Å². The molecule has 1 unspecified atom stereocenters. The standard InChI is InChI=1S/C18H36N2O2/c1-3-4-5-6-7-8-9-10-11-12-15-20-17(21)14-13-16(2)18(19)22/h16H,3-15H2,1-2H3,(H2,19,22)(H,20,21). The van der Waals surface area contributed by atoms with Gasteiger partial charge in [0.2, 0.25) is 11.8 Å².